The van der Waals surface area contributed by atoms with Crippen LogP contribution in [0, 0.1) is 6.92 Å². The SMILES string of the molecule is COc1cc(/C=N/NC(=O)Cc2nc(C)cs2)cc(O)c1O. The Labute approximate surface area is 130 Å². The van der Waals surface area contributed by atoms with Crippen LogP contribution in [0.4, 0.5) is 0 Å². The van der Waals surface area contributed by atoms with Crippen LogP contribution >= 0.6 is 11.3 Å². The number of nitrogens with one attached hydrogen (secondary N) is 1. The number of phenolic OH excluding ortho intramolecular Hbond substituents is 2. The molecule has 2 rings (SSSR count). The van der Waals surface area contributed by atoms with Crippen molar-refractivity contribution in [2.75, 3.05) is 7.11 Å². The van der Waals surface area contributed by atoms with E-state index in [0.717, 1.165) is 5.69 Å². The van der Waals surface area contributed by atoms with Gasteiger partial charge >= 0.3 is 0 Å². The van der Waals surface area contributed by atoms with Gasteiger partial charge in [0.1, 0.15) is 5.01 Å². The van der Waals surface area contributed by atoms with Crippen LogP contribution in [0.3, 0.4) is 0 Å². The number of carbonyl (C=O) groups excluding carboxylic acids is 1. The second-order valence-corrected chi connectivity index (χ2v) is 5.39. The lowest BCUT2D eigenvalue weighted by Crippen LogP contribution is -2.19. The number of hydrazone groups is 1. The van der Waals surface area contributed by atoms with E-state index in [1.807, 2.05) is 12.3 Å². The summed E-state index contributed by atoms with van der Waals surface area (Å²) in [4.78, 5) is 15.9. The van der Waals surface area contributed by atoms with Gasteiger partial charge in [-0.25, -0.2) is 10.4 Å². The number of amides is 1. The zero-order valence-corrected chi connectivity index (χ0v) is 12.8. The number of aryl methyl sites for hydroxylation is 1. The van der Waals surface area contributed by atoms with Crippen LogP contribution in [-0.4, -0.2) is 34.4 Å². The minimum Gasteiger partial charge on any atom is -0.504 e. The van der Waals surface area contributed by atoms with Gasteiger partial charge in [0, 0.05) is 16.6 Å². The number of nitrogens with zero attached hydrogens (tertiary/aromatic N) is 2. The topological polar surface area (TPSA) is 104 Å². The molecule has 1 aromatic heterocycles. The molecule has 0 unspecified atom stereocenters. The van der Waals surface area contributed by atoms with Gasteiger partial charge in [-0.05, 0) is 19.1 Å². The highest BCUT2D eigenvalue weighted by atomic mass is 32.1. The van der Waals surface area contributed by atoms with E-state index in [0.29, 0.717) is 10.6 Å². The van der Waals surface area contributed by atoms with E-state index >= 15 is 0 Å². The average Bonchev–Trinajstić information content (AvgIpc) is 2.87. The molecule has 1 amide bonds. The van der Waals surface area contributed by atoms with Gasteiger partial charge in [0.05, 0.1) is 19.7 Å². The monoisotopic (exact) mass is 321 g/mol. The predicted molar refractivity (Wildman–Crippen MR) is 82.6 cm³/mol. The van der Waals surface area contributed by atoms with Crippen molar-refractivity contribution in [3.8, 4) is 17.2 Å². The number of phenols is 2. The van der Waals surface area contributed by atoms with Crippen molar-refractivity contribution in [1.29, 1.82) is 0 Å². The summed E-state index contributed by atoms with van der Waals surface area (Å²) in [5, 5.41) is 25.4. The number of rotatable bonds is 5. The van der Waals surface area contributed by atoms with Crippen molar-refractivity contribution >= 4 is 23.5 Å². The second kappa shape index (κ2) is 6.90. The summed E-state index contributed by atoms with van der Waals surface area (Å²) in [6.07, 6.45) is 1.49. The first-order valence-electron chi connectivity index (χ1n) is 6.32. The Morgan fingerprint density at radius 2 is 2.27 bits per heavy atom. The van der Waals surface area contributed by atoms with Crippen LogP contribution in [0.2, 0.25) is 0 Å². The third-order valence-electron chi connectivity index (χ3n) is 2.68. The van der Waals surface area contributed by atoms with Gasteiger partial charge in [-0.3, -0.25) is 4.79 Å². The number of thiazole rings is 1. The molecule has 0 radical (unpaired) electrons. The van der Waals surface area contributed by atoms with Crippen molar-refractivity contribution in [3.63, 3.8) is 0 Å². The normalized spacial score (nSPS) is 10.8. The van der Waals surface area contributed by atoms with Gasteiger partial charge in [-0.1, -0.05) is 0 Å². The molecule has 8 heteroatoms. The highest BCUT2D eigenvalue weighted by Gasteiger charge is 2.09. The number of hydrogen-bond acceptors (Lipinski definition) is 7. The van der Waals surface area contributed by atoms with E-state index in [4.69, 9.17) is 4.74 Å². The number of methoxy groups -OCH3 is 1. The van der Waals surface area contributed by atoms with Crippen molar-refractivity contribution in [2.45, 2.75) is 13.3 Å². The van der Waals surface area contributed by atoms with Gasteiger partial charge in [-0.2, -0.15) is 5.10 Å². The predicted octanol–water partition coefficient (Wildman–Crippen LogP) is 1.56. The van der Waals surface area contributed by atoms with Crippen molar-refractivity contribution in [1.82, 2.24) is 10.4 Å². The highest BCUT2D eigenvalue weighted by Crippen LogP contribution is 2.35. The number of aromatic hydroxyl groups is 2. The fourth-order valence-corrected chi connectivity index (χ4v) is 2.45. The van der Waals surface area contributed by atoms with Crippen molar-refractivity contribution in [2.24, 2.45) is 5.10 Å². The van der Waals surface area contributed by atoms with Crippen LogP contribution in [0.15, 0.2) is 22.6 Å². The molecular formula is C14H15N3O4S. The van der Waals surface area contributed by atoms with Crippen LogP contribution in [0.5, 0.6) is 17.2 Å². The first-order chi connectivity index (χ1) is 10.5. The molecule has 116 valence electrons. The maximum atomic E-state index is 11.7. The molecule has 0 atom stereocenters. The molecule has 0 fully saturated rings. The van der Waals surface area contributed by atoms with Gasteiger partial charge in [0.2, 0.25) is 11.7 Å². The molecule has 1 heterocycles. The van der Waals surface area contributed by atoms with Crippen molar-refractivity contribution < 1.29 is 19.7 Å². The number of aromatic nitrogens is 1. The zero-order valence-electron chi connectivity index (χ0n) is 12.0. The molecule has 22 heavy (non-hydrogen) atoms. The number of carbonyl (C=O) groups is 1. The third kappa shape index (κ3) is 3.95. The van der Waals surface area contributed by atoms with E-state index in [1.54, 1.807) is 0 Å². The molecule has 0 spiro atoms. The van der Waals surface area contributed by atoms with Gasteiger partial charge in [0.25, 0.3) is 0 Å². The average molecular weight is 321 g/mol. The zero-order chi connectivity index (χ0) is 16.1. The number of hydrogen-bond donors (Lipinski definition) is 3. The molecule has 0 aliphatic carbocycles. The molecule has 0 aliphatic heterocycles. The lowest BCUT2D eigenvalue weighted by molar-refractivity contribution is -0.120. The quantitative estimate of drug-likeness (QED) is 0.440. The van der Waals surface area contributed by atoms with E-state index in [2.05, 4.69) is 15.5 Å². The Bertz CT molecular complexity index is 712. The molecule has 0 aliphatic rings. The van der Waals surface area contributed by atoms with Crippen LogP contribution in [0.25, 0.3) is 0 Å². The van der Waals surface area contributed by atoms with Gasteiger partial charge in [0.15, 0.2) is 11.5 Å². The highest BCUT2D eigenvalue weighted by molar-refractivity contribution is 7.09. The lowest BCUT2D eigenvalue weighted by atomic mass is 10.2. The Balaban J connectivity index is 1.97. The van der Waals surface area contributed by atoms with Crippen LogP contribution in [0.1, 0.15) is 16.3 Å². The third-order valence-corrected chi connectivity index (χ3v) is 3.64. The van der Waals surface area contributed by atoms with E-state index in [1.165, 1.54) is 36.8 Å². The second-order valence-electron chi connectivity index (χ2n) is 4.44. The molecule has 0 saturated heterocycles. The minimum atomic E-state index is -0.345. The van der Waals surface area contributed by atoms with E-state index in [9.17, 15) is 15.0 Å². The van der Waals surface area contributed by atoms with Gasteiger partial charge < -0.3 is 14.9 Å². The fourth-order valence-electron chi connectivity index (χ4n) is 1.68. The minimum absolute atomic E-state index is 0.117. The molecule has 1 aromatic carbocycles. The van der Waals surface area contributed by atoms with E-state index in [-0.39, 0.29) is 29.6 Å². The summed E-state index contributed by atoms with van der Waals surface area (Å²) in [5.74, 6) is -0.847. The maximum absolute atomic E-state index is 11.7. The largest absolute Gasteiger partial charge is 0.504 e. The van der Waals surface area contributed by atoms with Crippen LogP contribution < -0.4 is 10.2 Å². The lowest BCUT2D eigenvalue weighted by Gasteiger charge is -2.06. The molecule has 0 saturated carbocycles. The fraction of sp³-hybridized carbons (Fsp3) is 0.214. The Kier molecular flexibility index (Phi) is 4.95. The maximum Gasteiger partial charge on any atom is 0.246 e. The summed E-state index contributed by atoms with van der Waals surface area (Å²) >= 11 is 1.42. The summed E-state index contributed by atoms with van der Waals surface area (Å²) in [7, 11) is 1.37. The van der Waals surface area contributed by atoms with Gasteiger partial charge in [-0.15, -0.1) is 11.3 Å². The number of ether oxygens (including phenoxy) is 1. The molecular weight excluding hydrogens is 306 g/mol. The Hall–Kier alpha value is -2.61. The Morgan fingerprint density at radius 3 is 2.91 bits per heavy atom. The summed E-state index contributed by atoms with van der Waals surface area (Å²) < 4.78 is 4.91. The van der Waals surface area contributed by atoms with Crippen molar-refractivity contribution in [3.05, 3.63) is 33.8 Å². The molecule has 2 aromatic rings. The molecule has 7 nitrogen and oxygen atoms in total. The molecule has 0 bridgehead atoms. The number of benzene rings is 1. The smallest absolute Gasteiger partial charge is 0.246 e. The first kappa shape index (κ1) is 15.8. The van der Waals surface area contributed by atoms with Crippen LogP contribution in [-0.2, 0) is 11.2 Å². The summed E-state index contributed by atoms with van der Waals surface area (Å²) in [6, 6.07) is 2.78. The molecule has 3 N–H and O–H groups in total. The first-order valence-corrected chi connectivity index (χ1v) is 7.20. The standard InChI is InChI=1S/C14H15N3O4S/c1-8-7-22-13(16-8)5-12(19)17-15-6-9-3-10(18)14(20)11(4-9)21-2/h3-4,6-7,18,20H,5H2,1-2H3,(H,17,19)/b15-6+. The Morgan fingerprint density at radius 1 is 1.50 bits per heavy atom. The summed E-state index contributed by atoms with van der Waals surface area (Å²) in [6.45, 7) is 1.86. The van der Waals surface area contributed by atoms with E-state index < -0.39 is 0 Å². The summed E-state index contributed by atoms with van der Waals surface area (Å²) in [5.41, 5.74) is 3.72.